The number of hydrogen-bond acceptors (Lipinski definition) is 5. The van der Waals surface area contributed by atoms with Gasteiger partial charge in [0, 0.05) is 0 Å². The summed E-state index contributed by atoms with van der Waals surface area (Å²) >= 11 is 0. The lowest BCUT2D eigenvalue weighted by Crippen LogP contribution is -2.53. The molecule has 0 bridgehead atoms. The van der Waals surface area contributed by atoms with Crippen LogP contribution in [0.2, 0.25) is 0 Å². The van der Waals surface area contributed by atoms with Crippen LogP contribution in [0.1, 0.15) is 0 Å². The fourth-order valence-electron chi connectivity index (χ4n) is 1.03. The molecule has 0 aliphatic carbocycles. The highest BCUT2D eigenvalue weighted by molar-refractivity contribution is 4.85. The monoisotopic (exact) mass is 165 g/mol. The summed E-state index contributed by atoms with van der Waals surface area (Å²) in [6, 6.07) is 0. The Kier molecular flexibility index (Phi) is 2.80. The first kappa shape index (κ1) is 8.89. The molecule has 1 rings (SSSR count). The van der Waals surface area contributed by atoms with E-state index in [1.165, 1.54) is 0 Å². The molecular weight excluding hydrogens is 153 g/mol. The minimum atomic E-state index is -1.22. The largest absolute Gasteiger partial charge is 0.394 e. The molecule has 4 atom stereocenters. The molecule has 4 N–H and O–H groups in total. The molecule has 0 aromatic heterocycles. The summed E-state index contributed by atoms with van der Waals surface area (Å²) < 4.78 is 4.81. The molecule has 1 aliphatic rings. The zero-order chi connectivity index (χ0) is 8.43. The summed E-state index contributed by atoms with van der Waals surface area (Å²) in [7, 11) is 0. The second-order valence-electron chi connectivity index (χ2n) is 2.60. The van der Waals surface area contributed by atoms with E-state index in [9.17, 15) is 0 Å². The Bertz CT molecular complexity index is 126. The van der Waals surface area contributed by atoms with Crippen molar-refractivity contribution in [2.45, 2.75) is 24.4 Å². The van der Waals surface area contributed by atoms with E-state index in [2.05, 4.69) is 0 Å². The van der Waals surface area contributed by atoms with Crippen molar-refractivity contribution >= 4 is 0 Å². The lowest BCUT2D eigenvalue weighted by atomic mass is 10.1. The molecule has 5 heteroatoms. The van der Waals surface area contributed by atoms with Gasteiger partial charge >= 0.3 is 0 Å². The SMILES string of the molecule is OC[C@H]1O[13CH2][C@H](O)[C@@H](O)[C@@H]1O. The topological polar surface area (TPSA) is 90.2 Å². The van der Waals surface area contributed by atoms with E-state index in [0.717, 1.165) is 0 Å². The summed E-state index contributed by atoms with van der Waals surface area (Å²) in [5, 5.41) is 35.7. The van der Waals surface area contributed by atoms with Crippen LogP contribution < -0.4 is 0 Å². The van der Waals surface area contributed by atoms with Crippen LogP contribution >= 0.6 is 0 Å². The Labute approximate surface area is 63.8 Å². The van der Waals surface area contributed by atoms with Gasteiger partial charge in [0.15, 0.2) is 0 Å². The minimum Gasteiger partial charge on any atom is -0.394 e. The molecule has 1 heterocycles. The Morgan fingerprint density at radius 3 is 2.36 bits per heavy atom. The predicted octanol–water partition coefficient (Wildman–Crippen LogP) is -2.54. The van der Waals surface area contributed by atoms with Gasteiger partial charge in [-0.15, -0.1) is 0 Å². The maximum atomic E-state index is 9.11. The lowest BCUT2D eigenvalue weighted by molar-refractivity contribution is -0.195. The highest BCUT2D eigenvalue weighted by Gasteiger charge is 2.36. The van der Waals surface area contributed by atoms with E-state index < -0.39 is 24.4 Å². The van der Waals surface area contributed by atoms with Crippen LogP contribution in [0.4, 0.5) is 0 Å². The normalized spacial score (nSPS) is 45.8. The van der Waals surface area contributed by atoms with Crippen LogP contribution in [0.15, 0.2) is 0 Å². The van der Waals surface area contributed by atoms with Crippen LogP contribution in [0, 0.1) is 0 Å². The van der Waals surface area contributed by atoms with Gasteiger partial charge in [-0.1, -0.05) is 0 Å². The number of ether oxygens (including phenoxy) is 1. The molecule has 0 amide bonds. The summed E-state index contributed by atoms with van der Waals surface area (Å²) in [5.41, 5.74) is 0. The summed E-state index contributed by atoms with van der Waals surface area (Å²) in [5.74, 6) is 0. The lowest BCUT2D eigenvalue weighted by Gasteiger charge is -2.34. The van der Waals surface area contributed by atoms with Gasteiger partial charge in [0.2, 0.25) is 0 Å². The Morgan fingerprint density at radius 2 is 1.82 bits per heavy atom. The fraction of sp³-hybridized carbons (Fsp3) is 1.00. The van der Waals surface area contributed by atoms with Crippen LogP contribution in [0.25, 0.3) is 0 Å². The Balaban J connectivity index is 2.52. The number of aliphatic hydroxyl groups is 4. The maximum absolute atomic E-state index is 9.11. The minimum absolute atomic E-state index is 0.0521. The van der Waals surface area contributed by atoms with Crippen LogP contribution in [0.3, 0.4) is 0 Å². The van der Waals surface area contributed by atoms with E-state index in [4.69, 9.17) is 25.2 Å². The van der Waals surface area contributed by atoms with E-state index in [1.54, 1.807) is 0 Å². The Morgan fingerprint density at radius 1 is 1.18 bits per heavy atom. The highest BCUT2D eigenvalue weighted by Crippen LogP contribution is 2.14. The quantitative estimate of drug-likeness (QED) is 0.321. The Hall–Kier alpha value is -0.200. The third-order valence-electron chi connectivity index (χ3n) is 1.79. The first-order valence-corrected chi connectivity index (χ1v) is 3.43. The first-order chi connectivity index (χ1) is 5.16. The molecule has 1 fully saturated rings. The van der Waals surface area contributed by atoms with E-state index in [0.29, 0.717) is 0 Å². The van der Waals surface area contributed by atoms with Crippen LogP contribution in [-0.4, -0.2) is 58.1 Å². The van der Waals surface area contributed by atoms with Gasteiger partial charge in [0.1, 0.15) is 24.4 Å². The zero-order valence-corrected chi connectivity index (χ0v) is 5.92. The smallest absolute Gasteiger partial charge is 0.111 e. The highest BCUT2D eigenvalue weighted by atomic mass is 16.6. The third-order valence-corrected chi connectivity index (χ3v) is 1.79. The maximum Gasteiger partial charge on any atom is 0.111 e. The average Bonchev–Trinajstić information content (AvgIpc) is 2.01. The molecule has 66 valence electrons. The summed E-state index contributed by atoms with van der Waals surface area (Å²) in [6.07, 6.45) is -4.27. The van der Waals surface area contributed by atoms with Crippen molar-refractivity contribution in [3.63, 3.8) is 0 Å². The third kappa shape index (κ3) is 1.69. The molecule has 0 aromatic rings. The molecule has 1 saturated heterocycles. The van der Waals surface area contributed by atoms with Gasteiger partial charge in [0.05, 0.1) is 13.2 Å². The van der Waals surface area contributed by atoms with Crippen LogP contribution in [-0.2, 0) is 4.74 Å². The second-order valence-corrected chi connectivity index (χ2v) is 2.60. The predicted molar refractivity (Wildman–Crippen MR) is 34.8 cm³/mol. The average molecular weight is 165 g/mol. The van der Waals surface area contributed by atoms with Gasteiger partial charge in [0.25, 0.3) is 0 Å². The first-order valence-electron chi connectivity index (χ1n) is 3.43. The molecular formula is C6H12O5. The van der Waals surface area contributed by atoms with Crippen molar-refractivity contribution in [1.82, 2.24) is 0 Å². The summed E-state index contributed by atoms with van der Waals surface area (Å²) in [4.78, 5) is 0. The van der Waals surface area contributed by atoms with Crippen LogP contribution in [0.5, 0.6) is 0 Å². The van der Waals surface area contributed by atoms with E-state index in [-0.39, 0.29) is 13.2 Å². The molecule has 0 spiro atoms. The molecule has 0 radical (unpaired) electrons. The van der Waals surface area contributed by atoms with Crippen molar-refractivity contribution in [2.24, 2.45) is 0 Å². The number of rotatable bonds is 1. The molecule has 1 aliphatic heterocycles. The van der Waals surface area contributed by atoms with Crippen molar-refractivity contribution < 1.29 is 25.2 Å². The van der Waals surface area contributed by atoms with E-state index in [1.807, 2.05) is 0 Å². The van der Waals surface area contributed by atoms with E-state index >= 15 is 0 Å². The van der Waals surface area contributed by atoms with Gasteiger partial charge < -0.3 is 25.2 Å². The standard InChI is InChI=1S/C6H12O5/c7-1-4-6(10)5(9)3(8)2-11-4/h3-10H,1-2H2/t3-,4+,5+,6+/m0/s1/i2+1. The molecule has 11 heavy (non-hydrogen) atoms. The van der Waals surface area contributed by atoms with Crippen molar-refractivity contribution in [2.75, 3.05) is 13.2 Å². The van der Waals surface area contributed by atoms with Gasteiger partial charge in [-0.25, -0.2) is 0 Å². The summed E-state index contributed by atoms with van der Waals surface area (Å²) in [6.45, 7) is -0.408. The number of hydrogen-bond donors (Lipinski definition) is 4. The second kappa shape index (κ2) is 3.46. The van der Waals surface area contributed by atoms with Gasteiger partial charge in [-0.3, -0.25) is 0 Å². The molecule has 0 aromatic carbocycles. The molecule has 5 nitrogen and oxygen atoms in total. The van der Waals surface area contributed by atoms with Crippen molar-refractivity contribution in [3.05, 3.63) is 0 Å². The van der Waals surface area contributed by atoms with Gasteiger partial charge in [-0.2, -0.15) is 0 Å². The zero-order valence-electron chi connectivity index (χ0n) is 5.92. The molecule has 0 unspecified atom stereocenters. The van der Waals surface area contributed by atoms with Crippen molar-refractivity contribution in [1.29, 1.82) is 0 Å². The number of aliphatic hydroxyl groups excluding tert-OH is 4. The fourth-order valence-corrected chi connectivity index (χ4v) is 1.03. The molecule has 0 saturated carbocycles. The van der Waals surface area contributed by atoms with Gasteiger partial charge in [-0.05, 0) is 0 Å². The van der Waals surface area contributed by atoms with Crippen molar-refractivity contribution in [3.8, 4) is 0 Å².